The number of primary amides is 1. The van der Waals surface area contributed by atoms with Crippen LogP contribution in [-0.4, -0.2) is 33.5 Å². The number of nitrogens with zero attached hydrogens (tertiary/aromatic N) is 3. The highest BCUT2D eigenvalue weighted by Gasteiger charge is 2.19. The van der Waals surface area contributed by atoms with E-state index in [9.17, 15) is 4.79 Å². The normalized spacial score (nSPS) is 10.8. The van der Waals surface area contributed by atoms with Crippen LogP contribution in [-0.2, 0) is 4.79 Å². The Morgan fingerprint density at radius 2 is 2.04 bits per heavy atom. The van der Waals surface area contributed by atoms with Gasteiger partial charge in [-0.1, -0.05) is 11.8 Å². The Morgan fingerprint density at radius 3 is 2.62 bits per heavy atom. The number of hydrogen-bond donors (Lipinski definition) is 1. The smallest absolute Gasteiger partial charge is 0.227 e. The summed E-state index contributed by atoms with van der Waals surface area (Å²) < 4.78 is 12.4. The molecule has 124 valence electrons. The fourth-order valence-corrected chi connectivity index (χ4v) is 2.95. The second-order valence-electron chi connectivity index (χ2n) is 4.99. The molecule has 0 aliphatic heterocycles. The minimum absolute atomic E-state index is 0.124. The van der Waals surface area contributed by atoms with Crippen molar-refractivity contribution in [1.29, 1.82) is 0 Å². The molecule has 0 fully saturated rings. The van der Waals surface area contributed by atoms with Crippen LogP contribution in [0.1, 0.15) is 5.76 Å². The van der Waals surface area contributed by atoms with Crippen molar-refractivity contribution >= 4 is 17.7 Å². The van der Waals surface area contributed by atoms with Gasteiger partial charge in [0.1, 0.15) is 11.5 Å². The zero-order valence-electron chi connectivity index (χ0n) is 13.2. The van der Waals surface area contributed by atoms with Crippen molar-refractivity contribution in [3.8, 4) is 22.8 Å². The molecule has 0 unspecified atom stereocenters. The van der Waals surface area contributed by atoms with Gasteiger partial charge in [0.05, 0.1) is 30.4 Å². The SMILES string of the molecule is COc1ccc(-n2c(SCC(N)=O)nnc2-c2ccoc2C)cc1. The monoisotopic (exact) mass is 344 g/mol. The van der Waals surface area contributed by atoms with Gasteiger partial charge in [0.25, 0.3) is 0 Å². The maximum Gasteiger partial charge on any atom is 0.227 e. The lowest BCUT2D eigenvalue weighted by Crippen LogP contribution is -2.13. The molecule has 0 saturated carbocycles. The molecule has 24 heavy (non-hydrogen) atoms. The zero-order valence-corrected chi connectivity index (χ0v) is 14.0. The van der Waals surface area contributed by atoms with Crippen LogP contribution in [0.4, 0.5) is 0 Å². The van der Waals surface area contributed by atoms with Crippen LogP contribution in [0.15, 0.2) is 46.2 Å². The van der Waals surface area contributed by atoms with Crippen LogP contribution in [0.5, 0.6) is 5.75 Å². The highest BCUT2D eigenvalue weighted by atomic mass is 32.2. The molecule has 7 nitrogen and oxygen atoms in total. The third-order valence-electron chi connectivity index (χ3n) is 3.41. The van der Waals surface area contributed by atoms with E-state index in [1.807, 2.05) is 41.8 Å². The number of methoxy groups -OCH3 is 1. The van der Waals surface area contributed by atoms with Crippen LogP contribution in [0, 0.1) is 6.92 Å². The van der Waals surface area contributed by atoms with Gasteiger partial charge in [-0.3, -0.25) is 9.36 Å². The lowest BCUT2D eigenvalue weighted by Gasteiger charge is -2.10. The summed E-state index contributed by atoms with van der Waals surface area (Å²) in [4.78, 5) is 11.1. The number of benzene rings is 1. The van der Waals surface area contributed by atoms with E-state index in [1.165, 1.54) is 11.8 Å². The summed E-state index contributed by atoms with van der Waals surface area (Å²) in [6.45, 7) is 1.86. The van der Waals surface area contributed by atoms with Crippen molar-refractivity contribution in [2.24, 2.45) is 5.73 Å². The number of nitrogens with two attached hydrogens (primary N) is 1. The maximum absolute atomic E-state index is 11.1. The van der Waals surface area contributed by atoms with Gasteiger partial charge in [-0.15, -0.1) is 10.2 Å². The molecule has 0 atom stereocenters. The molecule has 0 radical (unpaired) electrons. The van der Waals surface area contributed by atoms with E-state index in [0.29, 0.717) is 11.0 Å². The highest BCUT2D eigenvalue weighted by molar-refractivity contribution is 7.99. The molecular weight excluding hydrogens is 328 g/mol. The Balaban J connectivity index is 2.09. The molecule has 2 heterocycles. The largest absolute Gasteiger partial charge is 0.497 e. The first kappa shape index (κ1) is 16.1. The summed E-state index contributed by atoms with van der Waals surface area (Å²) in [5.41, 5.74) is 6.93. The van der Waals surface area contributed by atoms with E-state index in [0.717, 1.165) is 22.8 Å². The molecule has 0 saturated heterocycles. The molecule has 8 heteroatoms. The molecule has 1 amide bonds. The second kappa shape index (κ2) is 6.79. The molecule has 0 bridgehead atoms. The number of furan rings is 1. The second-order valence-corrected chi connectivity index (χ2v) is 5.93. The number of ether oxygens (including phenoxy) is 1. The van der Waals surface area contributed by atoms with Crippen molar-refractivity contribution in [3.63, 3.8) is 0 Å². The van der Waals surface area contributed by atoms with Crippen molar-refractivity contribution < 1.29 is 13.9 Å². The Bertz CT molecular complexity index is 855. The van der Waals surface area contributed by atoms with E-state index in [-0.39, 0.29) is 5.75 Å². The van der Waals surface area contributed by atoms with Crippen LogP contribution in [0.3, 0.4) is 0 Å². The van der Waals surface area contributed by atoms with E-state index in [1.54, 1.807) is 13.4 Å². The molecular formula is C16H16N4O3S. The molecule has 0 aliphatic carbocycles. The summed E-state index contributed by atoms with van der Waals surface area (Å²) in [7, 11) is 1.61. The predicted molar refractivity (Wildman–Crippen MR) is 90.3 cm³/mol. The lowest BCUT2D eigenvalue weighted by molar-refractivity contribution is -0.115. The number of hydrogen-bond acceptors (Lipinski definition) is 6. The van der Waals surface area contributed by atoms with Crippen LogP contribution in [0.2, 0.25) is 0 Å². The maximum atomic E-state index is 11.1. The van der Waals surface area contributed by atoms with Gasteiger partial charge in [0.2, 0.25) is 5.91 Å². The summed E-state index contributed by atoms with van der Waals surface area (Å²) in [5, 5.41) is 9.04. The number of aromatic nitrogens is 3. The van der Waals surface area contributed by atoms with Crippen molar-refractivity contribution in [2.75, 3.05) is 12.9 Å². The standard InChI is InChI=1S/C16H16N4O3S/c1-10-13(7-8-23-10)15-18-19-16(24-9-14(17)21)20(15)11-3-5-12(22-2)6-4-11/h3-8H,9H2,1-2H3,(H2,17,21). The Kier molecular flexibility index (Phi) is 4.57. The highest BCUT2D eigenvalue weighted by Crippen LogP contribution is 2.30. The van der Waals surface area contributed by atoms with Crippen LogP contribution >= 0.6 is 11.8 Å². The average molecular weight is 344 g/mol. The number of carbonyl (C=O) groups excluding carboxylic acids is 1. The Labute approximate surface area is 142 Å². The van der Waals surface area contributed by atoms with Gasteiger partial charge in [-0.25, -0.2) is 0 Å². The van der Waals surface area contributed by atoms with Crippen molar-refractivity contribution in [2.45, 2.75) is 12.1 Å². The zero-order chi connectivity index (χ0) is 17.1. The van der Waals surface area contributed by atoms with Crippen molar-refractivity contribution in [1.82, 2.24) is 14.8 Å². The minimum Gasteiger partial charge on any atom is -0.497 e. The van der Waals surface area contributed by atoms with E-state index >= 15 is 0 Å². The van der Waals surface area contributed by atoms with Gasteiger partial charge < -0.3 is 14.9 Å². The van der Waals surface area contributed by atoms with Crippen LogP contribution in [0.25, 0.3) is 17.1 Å². The van der Waals surface area contributed by atoms with Gasteiger partial charge in [-0.05, 0) is 37.3 Å². The quantitative estimate of drug-likeness (QED) is 0.690. The van der Waals surface area contributed by atoms with E-state index in [2.05, 4.69) is 10.2 Å². The van der Waals surface area contributed by atoms with Gasteiger partial charge in [0, 0.05) is 0 Å². The van der Waals surface area contributed by atoms with Crippen LogP contribution < -0.4 is 10.5 Å². The third kappa shape index (κ3) is 3.13. The van der Waals surface area contributed by atoms with Gasteiger partial charge in [0.15, 0.2) is 11.0 Å². The molecule has 3 aromatic rings. The molecule has 0 spiro atoms. The predicted octanol–water partition coefficient (Wildman–Crippen LogP) is 2.42. The molecule has 2 aromatic heterocycles. The molecule has 0 aliphatic rings. The number of carbonyl (C=O) groups is 1. The van der Waals surface area contributed by atoms with E-state index in [4.69, 9.17) is 14.9 Å². The number of aryl methyl sites for hydroxylation is 1. The summed E-state index contributed by atoms with van der Waals surface area (Å²) in [6, 6.07) is 9.33. The summed E-state index contributed by atoms with van der Waals surface area (Å²) in [6.07, 6.45) is 1.61. The lowest BCUT2D eigenvalue weighted by atomic mass is 10.2. The van der Waals surface area contributed by atoms with Crippen molar-refractivity contribution in [3.05, 3.63) is 42.4 Å². The third-order valence-corrected chi connectivity index (χ3v) is 4.36. The average Bonchev–Trinajstić information content (AvgIpc) is 3.18. The fraction of sp³-hybridized carbons (Fsp3) is 0.188. The first-order chi connectivity index (χ1) is 11.6. The Morgan fingerprint density at radius 1 is 1.29 bits per heavy atom. The van der Waals surface area contributed by atoms with Gasteiger partial charge >= 0.3 is 0 Å². The molecule has 1 aromatic carbocycles. The number of amides is 1. The fourth-order valence-electron chi connectivity index (χ4n) is 2.25. The van der Waals surface area contributed by atoms with Gasteiger partial charge in [-0.2, -0.15) is 0 Å². The summed E-state index contributed by atoms with van der Waals surface area (Å²) in [5.74, 6) is 1.84. The topological polar surface area (TPSA) is 96.2 Å². The van der Waals surface area contributed by atoms with E-state index < -0.39 is 5.91 Å². The minimum atomic E-state index is -0.412. The molecule has 3 rings (SSSR count). The number of thioether (sulfide) groups is 1. The summed E-state index contributed by atoms with van der Waals surface area (Å²) >= 11 is 1.24. The first-order valence-corrected chi connectivity index (χ1v) is 8.14. The first-order valence-electron chi connectivity index (χ1n) is 7.15. The Hall–Kier alpha value is -2.74. The number of rotatable bonds is 6. The molecule has 2 N–H and O–H groups in total.